The van der Waals surface area contributed by atoms with E-state index in [1.165, 1.54) is 6.07 Å². The largest absolute Gasteiger partial charge is 0.506 e. The van der Waals surface area contributed by atoms with E-state index >= 15 is 0 Å². The van der Waals surface area contributed by atoms with Crippen molar-refractivity contribution in [3.63, 3.8) is 0 Å². The molecule has 0 saturated carbocycles. The van der Waals surface area contributed by atoms with Crippen LogP contribution in [0.15, 0.2) is 18.2 Å². The van der Waals surface area contributed by atoms with Crippen molar-refractivity contribution < 1.29 is 5.11 Å². The minimum Gasteiger partial charge on any atom is -0.506 e. The molecule has 0 radical (unpaired) electrons. The van der Waals surface area contributed by atoms with Gasteiger partial charge in [-0.2, -0.15) is 12.6 Å². The number of phenols is 1. The van der Waals surface area contributed by atoms with Crippen LogP contribution >= 0.6 is 24.2 Å². The van der Waals surface area contributed by atoms with Gasteiger partial charge in [0.15, 0.2) is 0 Å². The molecule has 0 heterocycles. The van der Waals surface area contributed by atoms with Gasteiger partial charge in [-0.05, 0) is 18.2 Å². The van der Waals surface area contributed by atoms with Gasteiger partial charge < -0.3 is 5.11 Å². The lowest BCUT2D eigenvalue weighted by Gasteiger charge is -1.95. The molecule has 0 spiro atoms. The maximum absolute atomic E-state index is 9.12. The highest BCUT2D eigenvalue weighted by atomic mass is 35.5. The molecular weight excluding hydrogens is 204 g/mol. The lowest BCUT2D eigenvalue weighted by Crippen LogP contribution is -1.75. The first-order valence-electron chi connectivity index (χ1n) is 3.82. The second-order valence-corrected chi connectivity index (χ2v) is 3.30. The number of phenolic OH excluding ortho intramolecular Hbond substituents is 1. The lowest BCUT2D eigenvalue weighted by atomic mass is 10.2. The molecular formula is C10H9ClOS. The molecule has 3 heteroatoms. The first-order chi connectivity index (χ1) is 6.24. The van der Waals surface area contributed by atoms with E-state index in [4.69, 9.17) is 16.7 Å². The van der Waals surface area contributed by atoms with Crippen LogP contribution in [0.3, 0.4) is 0 Å². The van der Waals surface area contributed by atoms with Gasteiger partial charge in [-0.15, -0.1) is 0 Å². The minimum atomic E-state index is 0.0846. The Morgan fingerprint density at radius 2 is 2.23 bits per heavy atom. The van der Waals surface area contributed by atoms with Crippen molar-refractivity contribution in [2.45, 2.75) is 6.42 Å². The highest BCUT2D eigenvalue weighted by molar-refractivity contribution is 7.80. The van der Waals surface area contributed by atoms with Gasteiger partial charge in [-0.25, -0.2) is 0 Å². The second kappa shape index (κ2) is 5.06. The molecule has 0 atom stereocenters. The van der Waals surface area contributed by atoms with Crippen molar-refractivity contribution >= 4 is 24.2 Å². The van der Waals surface area contributed by atoms with Gasteiger partial charge in [0.2, 0.25) is 0 Å². The Morgan fingerprint density at radius 3 is 2.85 bits per heavy atom. The van der Waals surface area contributed by atoms with Crippen molar-refractivity contribution in [3.8, 4) is 17.6 Å². The van der Waals surface area contributed by atoms with Gasteiger partial charge in [0.25, 0.3) is 0 Å². The van der Waals surface area contributed by atoms with E-state index in [2.05, 4.69) is 24.5 Å². The molecule has 0 fully saturated rings. The van der Waals surface area contributed by atoms with Crippen LogP contribution in [0.2, 0.25) is 5.02 Å². The molecule has 0 aromatic heterocycles. The monoisotopic (exact) mass is 212 g/mol. The van der Waals surface area contributed by atoms with E-state index in [0.29, 0.717) is 5.02 Å². The summed E-state index contributed by atoms with van der Waals surface area (Å²) in [7, 11) is 0. The van der Waals surface area contributed by atoms with Crippen LogP contribution in [0.1, 0.15) is 12.0 Å². The number of halogens is 1. The Hall–Kier alpha value is -0.780. The van der Waals surface area contributed by atoms with Crippen LogP contribution in [0.25, 0.3) is 0 Å². The Kier molecular flexibility index (Phi) is 4.01. The summed E-state index contributed by atoms with van der Waals surface area (Å²) in [6, 6.07) is 4.90. The fourth-order valence-corrected chi connectivity index (χ4v) is 1.10. The first kappa shape index (κ1) is 10.3. The zero-order valence-corrected chi connectivity index (χ0v) is 8.57. The summed E-state index contributed by atoms with van der Waals surface area (Å²) in [6.07, 6.45) is 0.752. The van der Waals surface area contributed by atoms with E-state index in [-0.39, 0.29) is 5.75 Å². The summed E-state index contributed by atoms with van der Waals surface area (Å²) in [5.74, 6) is 6.68. The Morgan fingerprint density at radius 1 is 1.46 bits per heavy atom. The van der Waals surface area contributed by atoms with Crippen molar-refractivity contribution in [3.05, 3.63) is 28.8 Å². The van der Waals surface area contributed by atoms with Gasteiger partial charge in [0.05, 0.1) is 5.02 Å². The summed E-state index contributed by atoms with van der Waals surface area (Å²) in [4.78, 5) is 0. The van der Waals surface area contributed by atoms with Crippen LogP contribution in [-0.4, -0.2) is 10.9 Å². The van der Waals surface area contributed by atoms with Crippen LogP contribution < -0.4 is 0 Å². The molecule has 0 saturated heterocycles. The summed E-state index contributed by atoms with van der Waals surface area (Å²) in [6.45, 7) is 0. The third kappa shape index (κ3) is 3.22. The molecule has 1 N–H and O–H groups in total. The maximum Gasteiger partial charge on any atom is 0.134 e. The van der Waals surface area contributed by atoms with Crippen LogP contribution in [0, 0.1) is 11.8 Å². The summed E-state index contributed by atoms with van der Waals surface area (Å²) < 4.78 is 0. The average Bonchev–Trinajstić information content (AvgIpc) is 2.12. The van der Waals surface area contributed by atoms with Gasteiger partial charge in [-0.3, -0.25) is 0 Å². The van der Waals surface area contributed by atoms with Crippen LogP contribution in [-0.2, 0) is 0 Å². The quantitative estimate of drug-likeness (QED) is 0.542. The fraction of sp³-hybridized carbons (Fsp3) is 0.200. The zero-order valence-electron chi connectivity index (χ0n) is 6.92. The third-order valence-electron chi connectivity index (χ3n) is 1.42. The third-order valence-corrected chi connectivity index (χ3v) is 1.94. The Bertz CT molecular complexity index is 352. The molecule has 0 aliphatic carbocycles. The topological polar surface area (TPSA) is 20.2 Å². The Balaban J connectivity index is 2.81. The molecule has 0 unspecified atom stereocenters. The average molecular weight is 213 g/mol. The SMILES string of the molecule is Oc1ccc(C#CCCS)cc1Cl. The molecule has 68 valence electrons. The number of benzene rings is 1. The molecule has 13 heavy (non-hydrogen) atoms. The van der Waals surface area contributed by atoms with E-state index < -0.39 is 0 Å². The number of thiol groups is 1. The molecule has 1 nitrogen and oxygen atoms in total. The lowest BCUT2D eigenvalue weighted by molar-refractivity contribution is 0.475. The first-order valence-corrected chi connectivity index (χ1v) is 4.83. The Labute approximate surface area is 88.1 Å². The summed E-state index contributed by atoms with van der Waals surface area (Å²) in [5, 5.41) is 9.45. The fourth-order valence-electron chi connectivity index (χ4n) is 0.805. The van der Waals surface area contributed by atoms with E-state index in [9.17, 15) is 0 Å². The van der Waals surface area contributed by atoms with Crippen molar-refractivity contribution in [1.29, 1.82) is 0 Å². The minimum absolute atomic E-state index is 0.0846. The molecule has 0 aliphatic rings. The standard InChI is InChI=1S/C10H9ClOS/c11-9-7-8(3-1-2-6-13)4-5-10(9)12/h4-5,7,12-13H,2,6H2. The summed E-state index contributed by atoms with van der Waals surface area (Å²) >= 11 is 9.73. The predicted molar refractivity (Wildman–Crippen MR) is 58.5 cm³/mol. The molecule has 0 bridgehead atoms. The van der Waals surface area contributed by atoms with Gasteiger partial charge in [-0.1, -0.05) is 23.4 Å². The molecule has 1 rings (SSSR count). The number of hydrogen-bond donors (Lipinski definition) is 2. The predicted octanol–water partition coefficient (Wildman–Crippen LogP) is 2.72. The smallest absolute Gasteiger partial charge is 0.134 e. The molecule has 0 aliphatic heterocycles. The molecule has 1 aromatic carbocycles. The summed E-state index contributed by atoms with van der Waals surface area (Å²) in [5.41, 5.74) is 0.810. The van der Waals surface area contributed by atoms with Crippen molar-refractivity contribution in [1.82, 2.24) is 0 Å². The maximum atomic E-state index is 9.12. The zero-order chi connectivity index (χ0) is 9.68. The van der Waals surface area contributed by atoms with Crippen LogP contribution in [0.5, 0.6) is 5.75 Å². The number of rotatable bonds is 1. The van der Waals surface area contributed by atoms with Gasteiger partial charge in [0.1, 0.15) is 5.75 Å². The highest BCUT2D eigenvalue weighted by Crippen LogP contribution is 2.22. The van der Waals surface area contributed by atoms with Crippen molar-refractivity contribution in [2.75, 3.05) is 5.75 Å². The van der Waals surface area contributed by atoms with E-state index in [0.717, 1.165) is 17.7 Å². The van der Waals surface area contributed by atoms with E-state index in [1.54, 1.807) is 12.1 Å². The normalized spacial score (nSPS) is 9.08. The van der Waals surface area contributed by atoms with E-state index in [1.807, 2.05) is 0 Å². The number of aromatic hydroxyl groups is 1. The molecule has 1 aromatic rings. The van der Waals surface area contributed by atoms with Gasteiger partial charge >= 0.3 is 0 Å². The van der Waals surface area contributed by atoms with Gasteiger partial charge in [0, 0.05) is 17.7 Å². The highest BCUT2D eigenvalue weighted by Gasteiger charge is 1.96. The van der Waals surface area contributed by atoms with Crippen LogP contribution in [0.4, 0.5) is 0 Å². The number of hydrogen-bond acceptors (Lipinski definition) is 2. The molecule has 0 amide bonds. The second-order valence-electron chi connectivity index (χ2n) is 2.44. The van der Waals surface area contributed by atoms with Crippen molar-refractivity contribution in [2.24, 2.45) is 0 Å².